The Bertz CT molecular complexity index is 1640. The van der Waals surface area contributed by atoms with E-state index in [4.69, 9.17) is 4.74 Å². The van der Waals surface area contributed by atoms with Crippen molar-refractivity contribution in [1.29, 1.82) is 0 Å². The van der Waals surface area contributed by atoms with E-state index in [1.807, 2.05) is 32.9 Å². The second kappa shape index (κ2) is 10.9. The van der Waals surface area contributed by atoms with Crippen molar-refractivity contribution >= 4 is 17.5 Å². The number of esters is 1. The average Bonchev–Trinajstić information content (AvgIpc) is 3.99. The monoisotopic (exact) mass is 716 g/mol. The molecular formula is C45H64O7. The lowest BCUT2D eigenvalue weighted by Gasteiger charge is -2.61. The summed E-state index contributed by atoms with van der Waals surface area (Å²) in [7, 11) is 0. The van der Waals surface area contributed by atoms with Crippen molar-refractivity contribution in [3.63, 3.8) is 0 Å². The van der Waals surface area contributed by atoms with Gasteiger partial charge in [-0.15, -0.1) is 0 Å². The predicted octanol–water partition coefficient (Wildman–Crippen LogP) is 7.01. The molecular weight excluding hydrogens is 652 g/mol. The normalized spacial score (nSPS) is 57.3. The molecule has 6 unspecified atom stereocenters. The molecule has 0 aromatic heterocycles. The van der Waals surface area contributed by atoms with E-state index < -0.39 is 16.6 Å². The molecule has 0 radical (unpaired) electrons. The smallest absolute Gasteiger partial charge is 0.311 e. The lowest BCUT2D eigenvalue weighted by atomic mass is 9.45. The number of ether oxygens (including phenoxy) is 1. The van der Waals surface area contributed by atoms with Gasteiger partial charge < -0.3 is 20.1 Å². The number of Topliss-reactive ketones (excluding diaryl/α,β-unsaturated/α-hetero) is 2. The van der Waals surface area contributed by atoms with Gasteiger partial charge >= 0.3 is 5.97 Å². The van der Waals surface area contributed by atoms with Crippen molar-refractivity contribution in [3.05, 3.63) is 24.3 Å². The van der Waals surface area contributed by atoms with Crippen LogP contribution in [0.2, 0.25) is 0 Å². The second-order valence-electron chi connectivity index (χ2n) is 21.9. The number of aliphatic hydroxyl groups is 3. The van der Waals surface area contributed by atoms with Crippen LogP contribution in [-0.4, -0.2) is 56.3 Å². The molecule has 8 fully saturated rings. The maximum atomic E-state index is 12.9. The fourth-order valence-electron chi connectivity index (χ4n) is 15.0. The van der Waals surface area contributed by atoms with Gasteiger partial charge in [0.05, 0.1) is 22.7 Å². The Morgan fingerprint density at radius 2 is 1.17 bits per heavy atom. The first-order valence-corrected chi connectivity index (χ1v) is 21.0. The van der Waals surface area contributed by atoms with E-state index >= 15 is 0 Å². The number of carbonyl (C=O) groups excluding carboxylic acids is 3. The molecule has 0 amide bonds. The highest BCUT2D eigenvalue weighted by atomic mass is 16.5. The number of fused-ring (bicyclic) bond motifs is 14. The number of aliphatic hydroxyl groups excluding tert-OH is 1. The van der Waals surface area contributed by atoms with Gasteiger partial charge in [0.15, 0.2) is 0 Å². The summed E-state index contributed by atoms with van der Waals surface area (Å²) in [5, 5.41) is 33.1. The summed E-state index contributed by atoms with van der Waals surface area (Å²) in [4.78, 5) is 38.0. The van der Waals surface area contributed by atoms with Gasteiger partial charge in [-0.2, -0.15) is 0 Å². The summed E-state index contributed by atoms with van der Waals surface area (Å²) in [6.07, 6.45) is 18.4. The zero-order valence-corrected chi connectivity index (χ0v) is 32.7. The molecule has 3 N–H and O–H groups in total. The van der Waals surface area contributed by atoms with Crippen LogP contribution in [0.25, 0.3) is 0 Å². The molecule has 10 rings (SSSR count). The Morgan fingerprint density at radius 1 is 0.712 bits per heavy atom. The summed E-state index contributed by atoms with van der Waals surface area (Å²) in [6, 6.07) is 0. The molecule has 0 aromatic rings. The lowest BCUT2D eigenvalue weighted by Crippen LogP contribution is -2.61. The Hall–Kier alpha value is -1.83. The topological polar surface area (TPSA) is 121 Å². The van der Waals surface area contributed by atoms with Gasteiger partial charge in [-0.3, -0.25) is 14.4 Å². The van der Waals surface area contributed by atoms with Crippen LogP contribution in [0.4, 0.5) is 0 Å². The Labute approximate surface area is 310 Å². The Balaban J connectivity index is 0.000000142. The SMILES string of the molecule is CC(C)(C)C(=O)O[C@H]1CC[C@]2(C)C3CC[C@]4(C)C(=O)[C@H]5C[C@H]5C4C3C=C[C@]2(O)C1.C[C@]12CCC3C(C=C[C@]4(O)C[C@@H](O)CC[C@]34C)C1[C@@H]1C[C@@H]1C2=O. The molecule has 7 nitrogen and oxygen atoms in total. The molecule has 7 heteroatoms. The minimum Gasteiger partial charge on any atom is -0.462 e. The second-order valence-corrected chi connectivity index (χ2v) is 21.9. The summed E-state index contributed by atoms with van der Waals surface area (Å²) >= 11 is 0. The van der Waals surface area contributed by atoms with Crippen LogP contribution in [0, 0.1) is 86.3 Å². The lowest BCUT2D eigenvalue weighted by molar-refractivity contribution is -0.187. The molecule has 10 aliphatic carbocycles. The Morgan fingerprint density at radius 3 is 1.65 bits per heavy atom. The quantitative estimate of drug-likeness (QED) is 0.197. The zero-order chi connectivity index (χ0) is 37.2. The van der Waals surface area contributed by atoms with Gasteiger partial charge in [-0.05, 0) is 132 Å². The van der Waals surface area contributed by atoms with Crippen LogP contribution in [0.15, 0.2) is 24.3 Å². The Kier molecular flexibility index (Phi) is 7.53. The number of rotatable bonds is 1. The molecule has 0 aliphatic heterocycles. The van der Waals surface area contributed by atoms with E-state index in [2.05, 4.69) is 39.8 Å². The van der Waals surface area contributed by atoms with Gasteiger partial charge in [0.2, 0.25) is 0 Å². The summed E-state index contributed by atoms with van der Waals surface area (Å²) in [6.45, 7) is 14.5. The molecule has 8 saturated carbocycles. The number of ketones is 2. The van der Waals surface area contributed by atoms with Crippen LogP contribution in [0.5, 0.6) is 0 Å². The van der Waals surface area contributed by atoms with Gasteiger partial charge in [0, 0.05) is 46.3 Å². The molecule has 0 heterocycles. The first-order valence-electron chi connectivity index (χ1n) is 21.0. The summed E-state index contributed by atoms with van der Waals surface area (Å²) in [5.74, 6) is 5.34. The molecule has 18 atom stereocenters. The van der Waals surface area contributed by atoms with Crippen molar-refractivity contribution in [2.75, 3.05) is 0 Å². The van der Waals surface area contributed by atoms with Crippen molar-refractivity contribution < 1.29 is 34.4 Å². The number of allylic oxidation sites excluding steroid dienone is 2. The zero-order valence-electron chi connectivity index (χ0n) is 32.7. The van der Waals surface area contributed by atoms with E-state index in [1.165, 1.54) is 0 Å². The van der Waals surface area contributed by atoms with E-state index in [0.29, 0.717) is 83.6 Å². The van der Waals surface area contributed by atoms with Crippen molar-refractivity contribution in [2.45, 2.75) is 149 Å². The standard InChI is InChI=1S/C25H36O4.C20H28O3/c1-22(2,3)21(27)29-14-6-10-24(5)18-8-9-23(4)19(16-12-17(16)20(23)26)15(18)7-11-25(24,28)13-14;1-18-6-5-15-12(16(18)13-9-14(13)17(18)22)4-8-20(23)10-11(21)3-7-19(15,20)2/h7,11,14-19,28H,6,8-10,12-13H2,1-5H3;4,8,11-16,21,23H,3,5-7,9-10H2,1-2H3/t14-,15?,16+,17-,18?,19?,23-,24+,25-;11-,12?,13+,14-,15?,16?,18-,19+,20-/m00/s1. The fraction of sp³-hybridized carbons (Fsp3) is 0.844. The van der Waals surface area contributed by atoms with Crippen LogP contribution >= 0.6 is 0 Å². The molecule has 10 aliphatic rings. The highest BCUT2D eigenvalue weighted by molar-refractivity contribution is 5.93. The summed E-state index contributed by atoms with van der Waals surface area (Å²) < 4.78 is 5.80. The molecule has 0 bridgehead atoms. The average molecular weight is 717 g/mol. The van der Waals surface area contributed by atoms with Crippen LogP contribution in [0.3, 0.4) is 0 Å². The highest BCUT2D eigenvalue weighted by Gasteiger charge is 2.73. The third kappa shape index (κ3) is 4.63. The van der Waals surface area contributed by atoms with Crippen LogP contribution in [-0.2, 0) is 19.1 Å². The van der Waals surface area contributed by atoms with Crippen molar-refractivity contribution in [2.24, 2.45) is 86.3 Å². The van der Waals surface area contributed by atoms with Crippen LogP contribution < -0.4 is 0 Å². The molecule has 52 heavy (non-hydrogen) atoms. The van der Waals surface area contributed by atoms with Crippen molar-refractivity contribution in [3.8, 4) is 0 Å². The fourth-order valence-corrected chi connectivity index (χ4v) is 15.0. The maximum Gasteiger partial charge on any atom is 0.311 e. The molecule has 0 aromatic carbocycles. The number of hydrogen-bond donors (Lipinski definition) is 3. The number of hydrogen-bond acceptors (Lipinski definition) is 7. The van der Waals surface area contributed by atoms with Gasteiger partial charge in [-0.25, -0.2) is 0 Å². The predicted molar refractivity (Wildman–Crippen MR) is 196 cm³/mol. The largest absolute Gasteiger partial charge is 0.462 e. The van der Waals surface area contributed by atoms with Crippen LogP contribution in [0.1, 0.15) is 126 Å². The minimum absolute atomic E-state index is 0.112. The first-order chi connectivity index (χ1) is 24.2. The molecule has 286 valence electrons. The minimum atomic E-state index is -0.936. The van der Waals surface area contributed by atoms with Gasteiger partial charge in [0.25, 0.3) is 0 Å². The first kappa shape index (κ1) is 35.8. The highest BCUT2D eigenvalue weighted by Crippen LogP contribution is 2.73. The molecule has 0 spiro atoms. The van der Waals surface area contributed by atoms with E-state index in [0.717, 1.165) is 64.2 Å². The van der Waals surface area contributed by atoms with E-state index in [9.17, 15) is 29.7 Å². The molecule has 0 saturated heterocycles. The van der Waals surface area contributed by atoms with Crippen molar-refractivity contribution in [1.82, 2.24) is 0 Å². The third-order valence-electron chi connectivity index (χ3n) is 18.3. The van der Waals surface area contributed by atoms with E-state index in [-0.39, 0.29) is 39.8 Å². The number of carbonyl (C=O) groups is 3. The summed E-state index contributed by atoms with van der Waals surface area (Å²) in [5.41, 5.74) is -2.96. The van der Waals surface area contributed by atoms with Gasteiger partial charge in [0.1, 0.15) is 17.7 Å². The van der Waals surface area contributed by atoms with E-state index in [1.54, 1.807) is 0 Å². The third-order valence-corrected chi connectivity index (χ3v) is 18.3. The maximum absolute atomic E-state index is 12.9. The van der Waals surface area contributed by atoms with Gasteiger partial charge in [-0.1, -0.05) is 52.0 Å².